The van der Waals surface area contributed by atoms with E-state index in [-0.39, 0.29) is 0 Å². The normalized spacial score (nSPS) is 16.3. The van der Waals surface area contributed by atoms with Crippen molar-refractivity contribution in [2.75, 3.05) is 24.5 Å². The number of β-amino-alcohol motifs (C(OH)–C–C–N with tert-alkyl or cyclic N) is 1. The summed E-state index contributed by atoms with van der Waals surface area (Å²) in [5.41, 5.74) is 2.02. The molecule has 2 rings (SSSR count). The molecule has 0 fully saturated rings. The van der Waals surface area contributed by atoms with E-state index in [1.54, 1.807) is 0 Å². The lowest BCUT2D eigenvalue weighted by Gasteiger charge is -2.34. The van der Waals surface area contributed by atoms with Crippen LogP contribution in [0, 0.1) is 0 Å². The maximum atomic E-state index is 10.5. The van der Waals surface area contributed by atoms with Gasteiger partial charge in [0.2, 0.25) is 0 Å². The number of para-hydroxylation sites is 1. The summed E-state index contributed by atoms with van der Waals surface area (Å²) in [5, 5.41) is 14.0. The summed E-state index contributed by atoms with van der Waals surface area (Å²) in [6.45, 7) is 7.69. The van der Waals surface area contributed by atoms with Gasteiger partial charge in [-0.2, -0.15) is 0 Å². The van der Waals surface area contributed by atoms with Gasteiger partial charge in [0.15, 0.2) is 0 Å². The quantitative estimate of drug-likeness (QED) is 0.857. The van der Waals surface area contributed by atoms with Gasteiger partial charge in [-0.25, -0.2) is 0 Å². The van der Waals surface area contributed by atoms with Gasteiger partial charge in [0.25, 0.3) is 0 Å². The lowest BCUT2D eigenvalue weighted by atomic mass is 9.96. The molecule has 3 heteroatoms. The molecule has 1 aromatic carbocycles. The van der Waals surface area contributed by atoms with Crippen LogP contribution in [0.25, 0.3) is 0 Å². The van der Waals surface area contributed by atoms with Gasteiger partial charge in [0.1, 0.15) is 0 Å². The van der Waals surface area contributed by atoms with Crippen molar-refractivity contribution < 1.29 is 5.11 Å². The van der Waals surface area contributed by atoms with Gasteiger partial charge in [-0.3, -0.25) is 0 Å². The van der Waals surface area contributed by atoms with E-state index in [9.17, 15) is 5.11 Å². The number of nitrogens with zero attached hydrogens (tertiary/aromatic N) is 1. The van der Waals surface area contributed by atoms with Crippen molar-refractivity contribution in [1.82, 2.24) is 5.32 Å². The fourth-order valence-corrected chi connectivity index (χ4v) is 2.52. The third-order valence-electron chi connectivity index (χ3n) is 4.01. The second-order valence-corrected chi connectivity index (χ2v) is 5.16. The number of fused-ring (bicyclic) bond motifs is 1. The highest BCUT2D eigenvalue weighted by Gasteiger charge is 2.27. The van der Waals surface area contributed by atoms with Crippen LogP contribution in [0.2, 0.25) is 0 Å². The van der Waals surface area contributed by atoms with E-state index in [1.807, 2.05) is 0 Å². The molecule has 0 amide bonds. The van der Waals surface area contributed by atoms with Crippen LogP contribution in [-0.4, -0.2) is 30.3 Å². The molecule has 0 aliphatic carbocycles. The van der Waals surface area contributed by atoms with Crippen molar-refractivity contribution in [3.8, 4) is 0 Å². The first-order chi connectivity index (χ1) is 8.68. The third kappa shape index (κ3) is 2.85. The average molecular weight is 248 g/mol. The molecule has 0 unspecified atom stereocenters. The summed E-state index contributed by atoms with van der Waals surface area (Å²) in [6.07, 6.45) is 1.60. The maximum Gasteiger partial charge on any atom is 0.0816 e. The van der Waals surface area contributed by atoms with Crippen molar-refractivity contribution in [2.45, 2.75) is 38.8 Å². The van der Waals surface area contributed by atoms with Gasteiger partial charge in [0.05, 0.1) is 5.60 Å². The Kier molecular flexibility index (Phi) is 4.25. The average Bonchev–Trinajstić information content (AvgIpc) is 2.61. The molecule has 0 aromatic heterocycles. The molecule has 100 valence electrons. The molecule has 3 nitrogen and oxygen atoms in total. The summed E-state index contributed by atoms with van der Waals surface area (Å²) < 4.78 is 0. The van der Waals surface area contributed by atoms with Crippen LogP contribution in [0.4, 0.5) is 5.69 Å². The first-order valence-electron chi connectivity index (χ1n) is 6.94. The van der Waals surface area contributed by atoms with E-state index >= 15 is 0 Å². The fourth-order valence-electron chi connectivity index (χ4n) is 2.52. The second kappa shape index (κ2) is 5.72. The minimum atomic E-state index is -0.572. The SMILES string of the molecule is CCC(O)(CC)CN1CCNCc2ccccc21. The standard InChI is InChI=1S/C15H24N2O/c1-3-15(18,4-2)12-17-10-9-16-11-13-7-5-6-8-14(13)17/h5-8,16,18H,3-4,9-12H2,1-2H3. The zero-order valence-corrected chi connectivity index (χ0v) is 11.4. The zero-order valence-electron chi connectivity index (χ0n) is 11.4. The largest absolute Gasteiger partial charge is 0.388 e. The Morgan fingerprint density at radius 2 is 2.00 bits per heavy atom. The highest BCUT2D eigenvalue weighted by molar-refractivity contribution is 5.54. The minimum Gasteiger partial charge on any atom is -0.388 e. The van der Waals surface area contributed by atoms with E-state index in [4.69, 9.17) is 0 Å². The number of rotatable bonds is 4. The van der Waals surface area contributed by atoms with Crippen LogP contribution in [-0.2, 0) is 6.54 Å². The Bertz CT molecular complexity index is 388. The molecule has 0 saturated carbocycles. The zero-order chi connectivity index (χ0) is 13.0. The number of hydrogen-bond acceptors (Lipinski definition) is 3. The summed E-state index contributed by atoms with van der Waals surface area (Å²) in [7, 11) is 0. The molecular weight excluding hydrogens is 224 g/mol. The Morgan fingerprint density at radius 3 is 2.72 bits per heavy atom. The monoisotopic (exact) mass is 248 g/mol. The van der Waals surface area contributed by atoms with Crippen LogP contribution in [0.5, 0.6) is 0 Å². The van der Waals surface area contributed by atoms with Crippen molar-refractivity contribution in [3.63, 3.8) is 0 Å². The van der Waals surface area contributed by atoms with Crippen molar-refractivity contribution >= 4 is 5.69 Å². The molecule has 0 saturated heterocycles. The topological polar surface area (TPSA) is 35.5 Å². The molecule has 1 heterocycles. The summed E-state index contributed by atoms with van der Waals surface area (Å²) >= 11 is 0. The maximum absolute atomic E-state index is 10.5. The number of hydrogen-bond donors (Lipinski definition) is 2. The van der Waals surface area contributed by atoms with Crippen molar-refractivity contribution in [3.05, 3.63) is 29.8 Å². The number of aliphatic hydroxyl groups is 1. The van der Waals surface area contributed by atoms with Crippen LogP contribution < -0.4 is 10.2 Å². The van der Waals surface area contributed by atoms with E-state index in [0.717, 1.165) is 39.0 Å². The Morgan fingerprint density at radius 1 is 1.28 bits per heavy atom. The van der Waals surface area contributed by atoms with Crippen molar-refractivity contribution in [2.24, 2.45) is 0 Å². The van der Waals surface area contributed by atoms with E-state index < -0.39 is 5.60 Å². The molecule has 18 heavy (non-hydrogen) atoms. The molecule has 2 N–H and O–H groups in total. The molecule has 0 bridgehead atoms. The highest BCUT2D eigenvalue weighted by Crippen LogP contribution is 2.26. The molecule has 1 aromatic rings. The van der Waals surface area contributed by atoms with E-state index in [0.29, 0.717) is 0 Å². The highest BCUT2D eigenvalue weighted by atomic mass is 16.3. The summed E-state index contributed by atoms with van der Waals surface area (Å²) in [5.74, 6) is 0. The number of benzene rings is 1. The molecule has 1 aliphatic rings. The van der Waals surface area contributed by atoms with Crippen molar-refractivity contribution in [1.29, 1.82) is 0 Å². The Balaban J connectivity index is 2.23. The molecule has 0 spiro atoms. The number of anilines is 1. The minimum absolute atomic E-state index is 0.572. The molecular formula is C15H24N2O. The smallest absolute Gasteiger partial charge is 0.0816 e. The predicted octanol–water partition coefficient (Wildman–Crippen LogP) is 2.15. The van der Waals surface area contributed by atoms with Crippen LogP contribution >= 0.6 is 0 Å². The van der Waals surface area contributed by atoms with E-state index in [1.165, 1.54) is 11.3 Å². The van der Waals surface area contributed by atoms with E-state index in [2.05, 4.69) is 48.3 Å². The molecule has 0 radical (unpaired) electrons. The Hall–Kier alpha value is -1.06. The molecule has 0 atom stereocenters. The van der Waals surface area contributed by atoms with Gasteiger partial charge < -0.3 is 15.3 Å². The summed E-state index contributed by atoms with van der Waals surface area (Å²) in [4.78, 5) is 2.32. The Labute approximate surface area is 110 Å². The lowest BCUT2D eigenvalue weighted by Crippen LogP contribution is -2.44. The van der Waals surface area contributed by atoms with Gasteiger partial charge in [-0.1, -0.05) is 32.0 Å². The third-order valence-corrected chi connectivity index (χ3v) is 4.01. The number of nitrogens with one attached hydrogen (secondary N) is 1. The lowest BCUT2D eigenvalue weighted by molar-refractivity contribution is 0.0394. The van der Waals surface area contributed by atoms with Crippen LogP contribution in [0.3, 0.4) is 0 Å². The van der Waals surface area contributed by atoms with Gasteiger partial charge >= 0.3 is 0 Å². The van der Waals surface area contributed by atoms with Gasteiger partial charge in [-0.15, -0.1) is 0 Å². The summed E-state index contributed by atoms with van der Waals surface area (Å²) in [6, 6.07) is 8.48. The molecule has 1 aliphatic heterocycles. The van der Waals surface area contributed by atoms with Crippen LogP contribution in [0.1, 0.15) is 32.3 Å². The van der Waals surface area contributed by atoms with Gasteiger partial charge in [-0.05, 0) is 24.5 Å². The fraction of sp³-hybridized carbons (Fsp3) is 0.600. The second-order valence-electron chi connectivity index (χ2n) is 5.16. The first kappa shape index (κ1) is 13.4. The predicted molar refractivity (Wildman–Crippen MR) is 75.9 cm³/mol. The van der Waals surface area contributed by atoms with Gasteiger partial charge in [0, 0.05) is 31.9 Å². The first-order valence-corrected chi connectivity index (χ1v) is 6.94. The van der Waals surface area contributed by atoms with Crippen LogP contribution in [0.15, 0.2) is 24.3 Å².